The molecular weight excluding hydrogens is 309 g/mol. The predicted molar refractivity (Wildman–Crippen MR) is 89.0 cm³/mol. The SMILES string of the molecule is Cc1ncn(-c2ccc(NC(=O)C3(F)CCC(=O)CC3)cc2)c1C. The van der Waals surface area contributed by atoms with Crippen molar-refractivity contribution < 1.29 is 14.0 Å². The van der Waals surface area contributed by atoms with E-state index in [9.17, 15) is 14.0 Å². The normalized spacial score (nSPS) is 16.9. The Bertz CT molecular complexity index is 770. The lowest BCUT2D eigenvalue weighted by molar-refractivity contribution is -0.133. The lowest BCUT2D eigenvalue weighted by atomic mass is 9.85. The summed E-state index contributed by atoms with van der Waals surface area (Å²) in [6, 6.07) is 7.16. The van der Waals surface area contributed by atoms with E-state index in [0.29, 0.717) is 5.69 Å². The van der Waals surface area contributed by atoms with E-state index in [0.717, 1.165) is 17.1 Å². The van der Waals surface area contributed by atoms with Crippen LogP contribution in [-0.4, -0.2) is 26.9 Å². The monoisotopic (exact) mass is 329 g/mol. The zero-order chi connectivity index (χ0) is 17.3. The Morgan fingerprint density at radius 1 is 1.21 bits per heavy atom. The number of ketones is 1. The molecule has 24 heavy (non-hydrogen) atoms. The molecule has 1 aliphatic carbocycles. The molecule has 0 atom stereocenters. The number of hydrogen-bond donors (Lipinski definition) is 1. The van der Waals surface area contributed by atoms with Crippen LogP contribution in [0.25, 0.3) is 5.69 Å². The zero-order valence-corrected chi connectivity index (χ0v) is 13.8. The van der Waals surface area contributed by atoms with Crippen LogP contribution in [0.3, 0.4) is 0 Å². The third-order valence-corrected chi connectivity index (χ3v) is 4.66. The number of nitrogens with one attached hydrogen (secondary N) is 1. The van der Waals surface area contributed by atoms with E-state index in [-0.39, 0.29) is 31.5 Å². The molecule has 0 unspecified atom stereocenters. The molecule has 5 nitrogen and oxygen atoms in total. The number of alkyl halides is 1. The van der Waals surface area contributed by atoms with Crippen molar-refractivity contribution >= 4 is 17.4 Å². The van der Waals surface area contributed by atoms with Crippen LogP contribution in [0.2, 0.25) is 0 Å². The van der Waals surface area contributed by atoms with Gasteiger partial charge in [0.15, 0.2) is 5.67 Å². The van der Waals surface area contributed by atoms with Crippen molar-refractivity contribution in [2.75, 3.05) is 5.32 Å². The van der Waals surface area contributed by atoms with E-state index < -0.39 is 11.6 Å². The van der Waals surface area contributed by atoms with Crippen molar-refractivity contribution in [1.82, 2.24) is 9.55 Å². The fourth-order valence-electron chi connectivity index (χ4n) is 2.86. The van der Waals surface area contributed by atoms with Crippen molar-refractivity contribution in [1.29, 1.82) is 0 Å². The molecule has 1 fully saturated rings. The van der Waals surface area contributed by atoms with Gasteiger partial charge in [-0.2, -0.15) is 0 Å². The highest BCUT2D eigenvalue weighted by atomic mass is 19.1. The van der Waals surface area contributed by atoms with Crippen LogP contribution in [0.4, 0.5) is 10.1 Å². The fraction of sp³-hybridized carbons (Fsp3) is 0.389. The maximum absolute atomic E-state index is 14.6. The van der Waals surface area contributed by atoms with Crippen LogP contribution in [0.5, 0.6) is 0 Å². The maximum atomic E-state index is 14.6. The molecule has 1 amide bonds. The van der Waals surface area contributed by atoms with Gasteiger partial charge in [0, 0.05) is 29.9 Å². The minimum atomic E-state index is -1.95. The summed E-state index contributed by atoms with van der Waals surface area (Å²) in [5.41, 5.74) is 1.50. The Morgan fingerprint density at radius 2 is 1.83 bits per heavy atom. The van der Waals surface area contributed by atoms with Gasteiger partial charge >= 0.3 is 0 Å². The van der Waals surface area contributed by atoms with Crippen molar-refractivity contribution in [3.05, 3.63) is 42.0 Å². The molecule has 0 spiro atoms. The molecule has 1 aromatic carbocycles. The Balaban J connectivity index is 1.71. The van der Waals surface area contributed by atoms with Gasteiger partial charge in [0.2, 0.25) is 0 Å². The molecule has 0 saturated heterocycles. The number of imidazole rings is 1. The second-order valence-corrected chi connectivity index (χ2v) is 6.29. The fourth-order valence-corrected chi connectivity index (χ4v) is 2.86. The molecule has 1 saturated carbocycles. The molecule has 0 aliphatic heterocycles. The highest BCUT2D eigenvalue weighted by Crippen LogP contribution is 2.31. The number of Topliss-reactive ketones (excluding diaryl/α,β-unsaturated/α-hetero) is 1. The predicted octanol–water partition coefficient (Wildman–Crippen LogP) is 3.28. The molecule has 126 valence electrons. The molecule has 1 heterocycles. The zero-order valence-electron chi connectivity index (χ0n) is 13.8. The molecule has 3 rings (SSSR count). The smallest absolute Gasteiger partial charge is 0.262 e. The molecule has 0 radical (unpaired) electrons. The van der Waals surface area contributed by atoms with Gasteiger partial charge in [0.1, 0.15) is 5.78 Å². The van der Waals surface area contributed by atoms with Crippen LogP contribution in [-0.2, 0) is 9.59 Å². The molecule has 1 aliphatic rings. The van der Waals surface area contributed by atoms with Gasteiger partial charge in [-0.3, -0.25) is 9.59 Å². The average Bonchev–Trinajstić information content (AvgIpc) is 2.91. The molecule has 0 bridgehead atoms. The van der Waals surface area contributed by atoms with Gasteiger partial charge in [-0.05, 0) is 51.0 Å². The number of benzene rings is 1. The summed E-state index contributed by atoms with van der Waals surface area (Å²) in [6.45, 7) is 3.92. The summed E-state index contributed by atoms with van der Waals surface area (Å²) in [5, 5.41) is 2.62. The average molecular weight is 329 g/mol. The highest BCUT2D eigenvalue weighted by molar-refractivity contribution is 5.98. The first kappa shape index (κ1) is 16.4. The summed E-state index contributed by atoms with van der Waals surface area (Å²) in [5.74, 6) is -0.649. The lowest BCUT2D eigenvalue weighted by Gasteiger charge is -2.27. The minimum absolute atomic E-state index is 0.0198. The molecule has 2 aromatic rings. The maximum Gasteiger partial charge on any atom is 0.262 e. The largest absolute Gasteiger partial charge is 0.323 e. The second kappa shape index (κ2) is 6.19. The summed E-state index contributed by atoms with van der Waals surface area (Å²) in [4.78, 5) is 27.7. The Hall–Kier alpha value is -2.50. The highest BCUT2D eigenvalue weighted by Gasteiger charge is 2.41. The summed E-state index contributed by atoms with van der Waals surface area (Å²) in [7, 11) is 0. The topological polar surface area (TPSA) is 64.0 Å². The van der Waals surface area contributed by atoms with Crippen LogP contribution < -0.4 is 5.32 Å². The third kappa shape index (κ3) is 3.09. The number of carbonyl (C=O) groups excluding carboxylic acids is 2. The number of amides is 1. The van der Waals surface area contributed by atoms with Gasteiger partial charge in [-0.1, -0.05) is 0 Å². The molecular formula is C18H20FN3O2. The van der Waals surface area contributed by atoms with Gasteiger partial charge in [-0.15, -0.1) is 0 Å². The van der Waals surface area contributed by atoms with Crippen molar-refractivity contribution in [3.63, 3.8) is 0 Å². The van der Waals surface area contributed by atoms with E-state index in [4.69, 9.17) is 0 Å². The second-order valence-electron chi connectivity index (χ2n) is 6.29. The van der Waals surface area contributed by atoms with Gasteiger partial charge in [0.25, 0.3) is 5.91 Å². The Labute approximate surface area is 139 Å². The summed E-state index contributed by atoms with van der Waals surface area (Å²) >= 11 is 0. The quantitative estimate of drug-likeness (QED) is 0.940. The van der Waals surface area contributed by atoms with Crippen LogP contribution in [0, 0.1) is 13.8 Å². The summed E-state index contributed by atoms with van der Waals surface area (Å²) < 4.78 is 16.6. The van der Waals surface area contributed by atoms with Crippen molar-refractivity contribution in [3.8, 4) is 5.69 Å². The van der Waals surface area contributed by atoms with Gasteiger partial charge in [0.05, 0.1) is 12.0 Å². The third-order valence-electron chi connectivity index (χ3n) is 4.66. The van der Waals surface area contributed by atoms with Crippen LogP contribution in [0.15, 0.2) is 30.6 Å². The van der Waals surface area contributed by atoms with E-state index >= 15 is 0 Å². The molecule has 1 N–H and O–H groups in total. The number of rotatable bonds is 3. The number of aryl methyl sites for hydroxylation is 1. The summed E-state index contributed by atoms with van der Waals surface area (Å²) in [6.07, 6.45) is 1.92. The number of anilines is 1. The first-order chi connectivity index (χ1) is 11.4. The number of nitrogens with zero attached hydrogens (tertiary/aromatic N) is 2. The van der Waals surface area contributed by atoms with E-state index in [2.05, 4.69) is 10.3 Å². The standard InChI is InChI=1S/C18H20FN3O2/c1-12-13(2)22(11-20-12)15-5-3-14(4-6-15)21-17(24)18(19)9-7-16(23)8-10-18/h3-6,11H,7-10H2,1-2H3,(H,21,24). The van der Waals surface area contributed by atoms with E-state index in [1.807, 2.05) is 30.5 Å². The van der Waals surface area contributed by atoms with Crippen LogP contribution in [0.1, 0.15) is 37.1 Å². The van der Waals surface area contributed by atoms with Crippen molar-refractivity contribution in [2.45, 2.75) is 45.2 Å². The molecule has 6 heteroatoms. The van der Waals surface area contributed by atoms with Crippen LogP contribution >= 0.6 is 0 Å². The van der Waals surface area contributed by atoms with Crippen molar-refractivity contribution in [2.24, 2.45) is 0 Å². The number of carbonyl (C=O) groups is 2. The van der Waals surface area contributed by atoms with E-state index in [1.54, 1.807) is 18.5 Å². The number of aromatic nitrogens is 2. The Morgan fingerprint density at radius 3 is 2.38 bits per heavy atom. The van der Waals surface area contributed by atoms with Gasteiger partial charge < -0.3 is 9.88 Å². The lowest BCUT2D eigenvalue weighted by Crippen LogP contribution is -2.42. The number of hydrogen-bond acceptors (Lipinski definition) is 3. The molecule has 1 aromatic heterocycles. The Kier molecular flexibility index (Phi) is 4.22. The first-order valence-corrected chi connectivity index (χ1v) is 8.02. The van der Waals surface area contributed by atoms with E-state index in [1.165, 1.54) is 0 Å². The van der Waals surface area contributed by atoms with Gasteiger partial charge in [-0.25, -0.2) is 9.37 Å². The minimum Gasteiger partial charge on any atom is -0.323 e. The first-order valence-electron chi connectivity index (χ1n) is 8.02. The number of halogens is 1.